The van der Waals surface area contributed by atoms with E-state index in [1.807, 2.05) is 13.0 Å². The molecule has 6 nitrogen and oxygen atoms in total. The second kappa shape index (κ2) is 6.54. The Balaban J connectivity index is 2.08. The van der Waals surface area contributed by atoms with Crippen LogP contribution in [0.2, 0.25) is 0 Å². The number of piperidine rings is 1. The highest BCUT2D eigenvalue weighted by atomic mass is 16.5. The zero-order valence-corrected chi connectivity index (χ0v) is 12.4. The second-order valence-corrected chi connectivity index (χ2v) is 5.17. The first-order chi connectivity index (χ1) is 9.61. The van der Waals surface area contributed by atoms with E-state index in [-0.39, 0.29) is 11.8 Å². The van der Waals surface area contributed by atoms with Crippen molar-refractivity contribution >= 4 is 11.7 Å². The molecule has 1 aromatic heterocycles. The molecule has 0 radical (unpaired) electrons. The number of rotatable bonds is 4. The minimum absolute atomic E-state index is 0.0456. The van der Waals surface area contributed by atoms with Crippen LogP contribution in [0.1, 0.15) is 19.8 Å². The Hall–Kier alpha value is -1.85. The van der Waals surface area contributed by atoms with E-state index in [2.05, 4.69) is 14.9 Å². The summed E-state index contributed by atoms with van der Waals surface area (Å²) in [5.41, 5.74) is 0. The molecule has 1 atom stereocenters. The van der Waals surface area contributed by atoms with Gasteiger partial charge in [0.25, 0.3) is 0 Å². The van der Waals surface area contributed by atoms with Gasteiger partial charge in [0.1, 0.15) is 12.1 Å². The first-order valence-electron chi connectivity index (χ1n) is 7.02. The quantitative estimate of drug-likeness (QED) is 0.827. The van der Waals surface area contributed by atoms with Crippen LogP contribution in [0.5, 0.6) is 5.88 Å². The molecule has 1 aliphatic rings. The Labute approximate surface area is 119 Å². The Bertz CT molecular complexity index is 464. The molecule has 0 aromatic carbocycles. The van der Waals surface area contributed by atoms with Crippen LogP contribution in [-0.4, -0.2) is 54.6 Å². The minimum Gasteiger partial charge on any atom is -0.478 e. The van der Waals surface area contributed by atoms with E-state index in [1.54, 1.807) is 19.0 Å². The molecule has 20 heavy (non-hydrogen) atoms. The van der Waals surface area contributed by atoms with Crippen LogP contribution in [0.3, 0.4) is 0 Å². The summed E-state index contributed by atoms with van der Waals surface area (Å²) in [7, 11) is 3.61. The van der Waals surface area contributed by atoms with Crippen molar-refractivity contribution in [3.8, 4) is 5.88 Å². The first-order valence-corrected chi connectivity index (χ1v) is 7.02. The van der Waals surface area contributed by atoms with E-state index in [0.29, 0.717) is 19.0 Å². The second-order valence-electron chi connectivity index (χ2n) is 5.17. The Morgan fingerprint density at radius 3 is 3.00 bits per heavy atom. The topological polar surface area (TPSA) is 58.6 Å². The fraction of sp³-hybridized carbons (Fsp3) is 0.643. The van der Waals surface area contributed by atoms with Gasteiger partial charge in [0, 0.05) is 33.3 Å². The van der Waals surface area contributed by atoms with Gasteiger partial charge in [-0.3, -0.25) is 4.79 Å². The van der Waals surface area contributed by atoms with Crippen LogP contribution in [0.4, 0.5) is 5.82 Å². The van der Waals surface area contributed by atoms with Crippen LogP contribution in [0.25, 0.3) is 0 Å². The van der Waals surface area contributed by atoms with Gasteiger partial charge in [-0.25, -0.2) is 9.97 Å². The molecule has 0 spiro atoms. The number of nitrogens with zero attached hydrogens (tertiary/aromatic N) is 4. The van der Waals surface area contributed by atoms with Crippen LogP contribution in [0.15, 0.2) is 12.4 Å². The number of ether oxygens (including phenoxy) is 1. The summed E-state index contributed by atoms with van der Waals surface area (Å²) in [4.78, 5) is 24.3. The molecular formula is C14H22N4O2. The fourth-order valence-corrected chi connectivity index (χ4v) is 2.48. The van der Waals surface area contributed by atoms with Crippen LogP contribution >= 0.6 is 0 Å². The predicted octanol–water partition coefficient (Wildman–Crippen LogP) is 1.18. The molecule has 0 bridgehead atoms. The third-order valence-electron chi connectivity index (χ3n) is 3.46. The maximum absolute atomic E-state index is 12.1. The van der Waals surface area contributed by atoms with Gasteiger partial charge in [0.05, 0.1) is 12.5 Å². The Kier molecular flexibility index (Phi) is 4.76. The summed E-state index contributed by atoms with van der Waals surface area (Å²) in [6, 6.07) is 1.84. The highest BCUT2D eigenvalue weighted by Crippen LogP contribution is 2.24. The molecule has 2 heterocycles. The smallest absolute Gasteiger partial charge is 0.226 e. The molecule has 0 N–H and O–H groups in total. The number of carbonyl (C=O) groups excluding carboxylic acids is 1. The van der Waals surface area contributed by atoms with Crippen molar-refractivity contribution in [1.82, 2.24) is 14.9 Å². The molecule has 110 valence electrons. The molecule has 1 unspecified atom stereocenters. The maximum Gasteiger partial charge on any atom is 0.226 e. The Morgan fingerprint density at radius 2 is 2.30 bits per heavy atom. The molecule has 0 saturated carbocycles. The average Bonchev–Trinajstić information content (AvgIpc) is 2.47. The van der Waals surface area contributed by atoms with Gasteiger partial charge in [-0.2, -0.15) is 0 Å². The van der Waals surface area contributed by atoms with E-state index < -0.39 is 0 Å². The van der Waals surface area contributed by atoms with Crippen molar-refractivity contribution in [3.63, 3.8) is 0 Å². The van der Waals surface area contributed by atoms with Gasteiger partial charge in [-0.15, -0.1) is 0 Å². The lowest BCUT2D eigenvalue weighted by Gasteiger charge is -2.33. The number of amides is 1. The number of aromatic nitrogens is 2. The number of anilines is 1. The summed E-state index contributed by atoms with van der Waals surface area (Å²) >= 11 is 0. The molecular weight excluding hydrogens is 256 g/mol. The first kappa shape index (κ1) is 14.6. The molecule has 6 heteroatoms. The standard InChI is InChI=1S/C14H22N4O2/c1-4-20-13-8-12(15-10-16-13)18-7-5-6-11(9-18)14(19)17(2)3/h8,10-11H,4-7,9H2,1-3H3. The lowest BCUT2D eigenvalue weighted by molar-refractivity contribution is -0.133. The maximum atomic E-state index is 12.1. The van der Waals surface area contributed by atoms with Gasteiger partial charge in [-0.1, -0.05) is 0 Å². The average molecular weight is 278 g/mol. The summed E-state index contributed by atoms with van der Waals surface area (Å²) in [5.74, 6) is 1.65. The van der Waals surface area contributed by atoms with Gasteiger partial charge in [-0.05, 0) is 19.8 Å². The van der Waals surface area contributed by atoms with E-state index >= 15 is 0 Å². The molecule has 0 aliphatic carbocycles. The lowest BCUT2D eigenvalue weighted by Crippen LogP contribution is -2.43. The van der Waals surface area contributed by atoms with Gasteiger partial charge < -0.3 is 14.5 Å². The minimum atomic E-state index is 0.0456. The van der Waals surface area contributed by atoms with Crippen molar-refractivity contribution in [2.45, 2.75) is 19.8 Å². The normalized spacial score (nSPS) is 18.8. The summed E-state index contributed by atoms with van der Waals surface area (Å²) in [5, 5.41) is 0. The molecule has 1 amide bonds. The van der Waals surface area contributed by atoms with Crippen LogP contribution in [-0.2, 0) is 4.79 Å². The number of hydrogen-bond donors (Lipinski definition) is 0. The molecule has 1 saturated heterocycles. The SMILES string of the molecule is CCOc1cc(N2CCCC(C(=O)N(C)C)C2)ncn1. The number of carbonyl (C=O) groups is 1. The van der Waals surface area contributed by atoms with Gasteiger partial charge in [0.2, 0.25) is 11.8 Å². The van der Waals surface area contributed by atoms with Crippen molar-refractivity contribution in [3.05, 3.63) is 12.4 Å². The van der Waals surface area contributed by atoms with Crippen molar-refractivity contribution in [2.75, 3.05) is 38.7 Å². The zero-order chi connectivity index (χ0) is 14.5. The highest BCUT2D eigenvalue weighted by molar-refractivity contribution is 5.79. The molecule has 2 rings (SSSR count). The van der Waals surface area contributed by atoms with E-state index in [9.17, 15) is 4.79 Å². The summed E-state index contributed by atoms with van der Waals surface area (Å²) in [6.45, 7) is 4.13. The lowest BCUT2D eigenvalue weighted by atomic mass is 9.97. The van der Waals surface area contributed by atoms with E-state index in [1.165, 1.54) is 6.33 Å². The third kappa shape index (κ3) is 3.37. The largest absolute Gasteiger partial charge is 0.478 e. The van der Waals surface area contributed by atoms with Gasteiger partial charge in [0.15, 0.2) is 0 Å². The Morgan fingerprint density at radius 1 is 1.50 bits per heavy atom. The molecule has 1 aliphatic heterocycles. The van der Waals surface area contributed by atoms with Gasteiger partial charge >= 0.3 is 0 Å². The van der Waals surface area contributed by atoms with E-state index in [0.717, 1.165) is 25.2 Å². The van der Waals surface area contributed by atoms with Crippen molar-refractivity contribution in [1.29, 1.82) is 0 Å². The third-order valence-corrected chi connectivity index (χ3v) is 3.46. The molecule has 1 fully saturated rings. The number of hydrogen-bond acceptors (Lipinski definition) is 5. The van der Waals surface area contributed by atoms with Crippen molar-refractivity contribution in [2.24, 2.45) is 5.92 Å². The van der Waals surface area contributed by atoms with Crippen molar-refractivity contribution < 1.29 is 9.53 Å². The van der Waals surface area contributed by atoms with E-state index in [4.69, 9.17) is 4.74 Å². The molecule has 1 aromatic rings. The summed E-state index contributed by atoms with van der Waals surface area (Å²) in [6.07, 6.45) is 3.45. The van der Waals surface area contributed by atoms with Crippen LogP contribution in [0, 0.1) is 5.92 Å². The van der Waals surface area contributed by atoms with Crippen LogP contribution < -0.4 is 9.64 Å². The zero-order valence-electron chi connectivity index (χ0n) is 12.4. The predicted molar refractivity (Wildman–Crippen MR) is 76.8 cm³/mol. The monoisotopic (exact) mass is 278 g/mol. The highest BCUT2D eigenvalue weighted by Gasteiger charge is 2.27. The summed E-state index contributed by atoms with van der Waals surface area (Å²) < 4.78 is 5.40. The fourth-order valence-electron chi connectivity index (χ4n) is 2.48.